The van der Waals surface area contributed by atoms with E-state index < -0.39 is 6.10 Å². The van der Waals surface area contributed by atoms with E-state index in [-0.39, 0.29) is 12.5 Å². The zero-order valence-corrected chi connectivity index (χ0v) is 16.7. The van der Waals surface area contributed by atoms with Gasteiger partial charge in [0.15, 0.2) is 6.10 Å². The maximum Gasteiger partial charge on any atom is 0.263 e. The first-order chi connectivity index (χ1) is 13.5. The third-order valence-corrected chi connectivity index (χ3v) is 4.72. The molecule has 0 fully saturated rings. The summed E-state index contributed by atoms with van der Waals surface area (Å²) < 4.78 is 11.3. The van der Waals surface area contributed by atoms with Crippen LogP contribution >= 0.6 is 0 Å². The van der Waals surface area contributed by atoms with Crippen molar-refractivity contribution in [1.29, 1.82) is 0 Å². The number of hydrogen-bond acceptors (Lipinski definition) is 5. The molecule has 3 aromatic rings. The van der Waals surface area contributed by atoms with Crippen LogP contribution in [0.4, 0.5) is 0 Å². The largest absolute Gasteiger partial charge is 0.480 e. The van der Waals surface area contributed by atoms with Crippen LogP contribution in [-0.2, 0) is 11.3 Å². The lowest BCUT2D eigenvalue weighted by atomic mass is 10.1. The first kappa shape index (κ1) is 19.6. The van der Waals surface area contributed by atoms with Gasteiger partial charge in [-0.05, 0) is 37.5 Å². The molecule has 1 heterocycles. The minimum atomic E-state index is -0.568. The average Bonchev–Trinajstić information content (AvgIpc) is 3.17. The van der Waals surface area contributed by atoms with E-state index >= 15 is 0 Å². The minimum Gasteiger partial charge on any atom is -0.480 e. The van der Waals surface area contributed by atoms with Crippen LogP contribution in [0.3, 0.4) is 0 Å². The van der Waals surface area contributed by atoms with Gasteiger partial charge in [-0.15, -0.1) is 0 Å². The molecule has 2 aromatic carbocycles. The van der Waals surface area contributed by atoms with Crippen molar-refractivity contribution in [2.24, 2.45) is 0 Å². The predicted octanol–water partition coefficient (Wildman–Crippen LogP) is 4.17. The zero-order valence-electron chi connectivity index (χ0n) is 16.7. The summed E-state index contributed by atoms with van der Waals surface area (Å²) in [6.45, 7) is 6.18. The average molecular weight is 379 g/mol. The number of nitrogens with zero attached hydrogens (tertiary/aromatic N) is 3. The third-order valence-electron chi connectivity index (χ3n) is 4.72. The Hall–Kier alpha value is -3.15. The van der Waals surface area contributed by atoms with Crippen molar-refractivity contribution in [1.82, 2.24) is 15.0 Å². The summed E-state index contributed by atoms with van der Waals surface area (Å²) in [4.78, 5) is 18.8. The fourth-order valence-electron chi connectivity index (χ4n) is 2.86. The van der Waals surface area contributed by atoms with Gasteiger partial charge in [-0.2, -0.15) is 4.98 Å². The highest BCUT2D eigenvalue weighted by atomic mass is 16.5. The van der Waals surface area contributed by atoms with Gasteiger partial charge in [0.05, 0.1) is 6.54 Å². The third kappa shape index (κ3) is 4.39. The Morgan fingerprint density at radius 3 is 2.61 bits per heavy atom. The Balaban J connectivity index is 1.67. The number of carbonyl (C=O) groups is 1. The topological polar surface area (TPSA) is 68.5 Å². The first-order valence-corrected chi connectivity index (χ1v) is 9.35. The van der Waals surface area contributed by atoms with Crippen LogP contribution in [0, 0.1) is 13.8 Å². The van der Waals surface area contributed by atoms with Crippen molar-refractivity contribution in [2.45, 2.75) is 39.8 Å². The molecule has 0 radical (unpaired) electrons. The van der Waals surface area contributed by atoms with E-state index in [0.717, 1.165) is 22.4 Å². The molecule has 0 spiro atoms. The highest BCUT2D eigenvalue weighted by molar-refractivity contribution is 5.81. The van der Waals surface area contributed by atoms with E-state index in [4.69, 9.17) is 9.26 Å². The van der Waals surface area contributed by atoms with Gasteiger partial charge < -0.3 is 14.2 Å². The number of aryl methyl sites for hydroxylation is 1. The fourth-order valence-corrected chi connectivity index (χ4v) is 2.86. The standard InChI is InChI=1S/C22H25N3O3/c1-5-18(27-19-13-9-10-15(2)16(19)3)22(26)25(4)14-20-23-21(24-28-20)17-11-7-6-8-12-17/h6-13,18H,5,14H2,1-4H3/t18-/m1/s1. The molecule has 0 bridgehead atoms. The van der Waals surface area contributed by atoms with E-state index in [2.05, 4.69) is 10.1 Å². The summed E-state index contributed by atoms with van der Waals surface area (Å²) in [5, 5.41) is 4.00. The molecule has 6 heteroatoms. The van der Waals surface area contributed by atoms with Crippen molar-refractivity contribution in [3.63, 3.8) is 0 Å². The molecule has 1 aromatic heterocycles. The molecule has 0 aliphatic heterocycles. The quantitative estimate of drug-likeness (QED) is 0.616. The predicted molar refractivity (Wildman–Crippen MR) is 107 cm³/mol. The van der Waals surface area contributed by atoms with Crippen molar-refractivity contribution < 1.29 is 14.1 Å². The number of ether oxygens (including phenoxy) is 1. The molecule has 146 valence electrons. The lowest BCUT2D eigenvalue weighted by molar-refractivity contribution is -0.138. The fraction of sp³-hybridized carbons (Fsp3) is 0.318. The smallest absolute Gasteiger partial charge is 0.263 e. The van der Waals surface area contributed by atoms with Gasteiger partial charge >= 0.3 is 0 Å². The Kier molecular flexibility index (Phi) is 6.09. The molecule has 0 unspecified atom stereocenters. The van der Waals surface area contributed by atoms with E-state index in [1.165, 1.54) is 0 Å². The molecule has 1 atom stereocenters. The summed E-state index contributed by atoms with van der Waals surface area (Å²) in [6, 6.07) is 15.4. The van der Waals surface area contributed by atoms with Crippen LogP contribution in [0.2, 0.25) is 0 Å². The Bertz CT molecular complexity index is 937. The number of aromatic nitrogens is 2. The van der Waals surface area contributed by atoms with Gasteiger partial charge in [0, 0.05) is 12.6 Å². The highest BCUT2D eigenvalue weighted by Gasteiger charge is 2.24. The van der Waals surface area contributed by atoms with E-state index in [0.29, 0.717) is 18.1 Å². The van der Waals surface area contributed by atoms with Crippen LogP contribution in [0.5, 0.6) is 5.75 Å². The lowest BCUT2D eigenvalue weighted by Gasteiger charge is -2.23. The summed E-state index contributed by atoms with van der Waals surface area (Å²) in [5.74, 6) is 1.51. The second-order valence-corrected chi connectivity index (χ2v) is 6.78. The van der Waals surface area contributed by atoms with Crippen molar-refractivity contribution in [3.8, 4) is 17.1 Å². The molecular formula is C22H25N3O3. The molecule has 0 saturated heterocycles. The Morgan fingerprint density at radius 1 is 1.14 bits per heavy atom. The number of carbonyl (C=O) groups excluding carboxylic acids is 1. The summed E-state index contributed by atoms with van der Waals surface area (Å²) in [5.41, 5.74) is 3.05. The maximum atomic E-state index is 12.9. The molecule has 1 amide bonds. The number of rotatable bonds is 7. The molecule has 0 aliphatic carbocycles. The number of amides is 1. The normalized spacial score (nSPS) is 11.9. The molecule has 28 heavy (non-hydrogen) atoms. The lowest BCUT2D eigenvalue weighted by Crippen LogP contribution is -2.39. The summed E-state index contributed by atoms with van der Waals surface area (Å²) in [6.07, 6.45) is -0.00245. The van der Waals surface area contributed by atoms with Gasteiger partial charge in [-0.1, -0.05) is 54.5 Å². The van der Waals surface area contributed by atoms with Crippen LogP contribution in [0.15, 0.2) is 53.1 Å². The molecule has 0 saturated carbocycles. The highest BCUT2D eigenvalue weighted by Crippen LogP contribution is 2.23. The van der Waals surface area contributed by atoms with Gasteiger partial charge in [0.2, 0.25) is 11.7 Å². The number of benzene rings is 2. The van der Waals surface area contributed by atoms with Crippen molar-refractivity contribution >= 4 is 5.91 Å². The second-order valence-electron chi connectivity index (χ2n) is 6.78. The van der Waals surface area contributed by atoms with Crippen LogP contribution in [0.25, 0.3) is 11.4 Å². The van der Waals surface area contributed by atoms with E-state index in [1.54, 1.807) is 11.9 Å². The van der Waals surface area contributed by atoms with E-state index in [1.807, 2.05) is 69.3 Å². The maximum absolute atomic E-state index is 12.9. The molecule has 3 rings (SSSR count). The molecule has 0 aliphatic rings. The van der Waals surface area contributed by atoms with Gasteiger partial charge in [-0.25, -0.2) is 0 Å². The van der Waals surface area contributed by atoms with Gasteiger partial charge in [0.1, 0.15) is 5.75 Å². The summed E-state index contributed by atoms with van der Waals surface area (Å²) >= 11 is 0. The van der Waals surface area contributed by atoms with Crippen molar-refractivity contribution in [2.75, 3.05) is 7.05 Å². The number of likely N-dealkylation sites (N-methyl/N-ethyl adjacent to an activating group) is 1. The van der Waals surface area contributed by atoms with E-state index in [9.17, 15) is 4.79 Å². The molecular weight excluding hydrogens is 354 g/mol. The molecule has 6 nitrogen and oxygen atoms in total. The first-order valence-electron chi connectivity index (χ1n) is 9.35. The minimum absolute atomic E-state index is 0.122. The molecule has 0 N–H and O–H groups in total. The van der Waals surface area contributed by atoms with Gasteiger partial charge in [-0.3, -0.25) is 4.79 Å². The Morgan fingerprint density at radius 2 is 1.89 bits per heavy atom. The van der Waals surface area contributed by atoms with Crippen LogP contribution in [0.1, 0.15) is 30.4 Å². The van der Waals surface area contributed by atoms with Crippen LogP contribution < -0.4 is 4.74 Å². The summed E-state index contributed by atoms with van der Waals surface area (Å²) in [7, 11) is 1.71. The van der Waals surface area contributed by atoms with Crippen LogP contribution in [-0.4, -0.2) is 34.1 Å². The SMILES string of the molecule is CC[C@@H](Oc1cccc(C)c1C)C(=O)N(C)Cc1nc(-c2ccccc2)no1. The van der Waals surface area contributed by atoms with Gasteiger partial charge in [0.25, 0.3) is 5.91 Å². The monoisotopic (exact) mass is 379 g/mol. The second kappa shape index (κ2) is 8.69. The number of hydrogen-bond donors (Lipinski definition) is 0. The Labute approximate surface area is 165 Å². The van der Waals surface area contributed by atoms with Crippen molar-refractivity contribution in [3.05, 3.63) is 65.5 Å². The zero-order chi connectivity index (χ0) is 20.1.